The number of nitrogens with one attached hydrogen (secondary N) is 1. The molecule has 2 heterocycles. The second-order valence-corrected chi connectivity index (χ2v) is 4.71. The zero-order valence-corrected chi connectivity index (χ0v) is 8.64. The maximum atomic E-state index is 5.26. The van der Waals surface area contributed by atoms with Gasteiger partial charge in [0.15, 0.2) is 5.17 Å². The number of rotatable bonds is 1. The number of hydrazine groups is 1. The third-order valence-corrected chi connectivity index (χ3v) is 3.06. The molecule has 0 spiro atoms. The standard InChI is InChI=1S/C8H15N3OS/c1-7-6-9-8(13-7)10-11-2-4-12-5-3-11/h7H,2-6H2,1H3,(H,9,10). The van der Waals surface area contributed by atoms with Crippen LogP contribution in [-0.2, 0) is 4.74 Å². The highest BCUT2D eigenvalue weighted by atomic mass is 32.2. The minimum absolute atomic E-state index is 0.628. The molecule has 0 bridgehead atoms. The summed E-state index contributed by atoms with van der Waals surface area (Å²) in [4.78, 5) is 4.40. The molecule has 0 aromatic carbocycles. The number of thioether (sulfide) groups is 1. The predicted octanol–water partition coefficient (Wildman–Crippen LogP) is 0.315. The van der Waals surface area contributed by atoms with Crippen molar-refractivity contribution in [2.75, 3.05) is 32.8 Å². The molecule has 1 unspecified atom stereocenters. The Morgan fingerprint density at radius 1 is 1.54 bits per heavy atom. The van der Waals surface area contributed by atoms with E-state index in [1.807, 2.05) is 11.8 Å². The van der Waals surface area contributed by atoms with E-state index in [-0.39, 0.29) is 0 Å². The van der Waals surface area contributed by atoms with Gasteiger partial charge in [-0.1, -0.05) is 18.7 Å². The van der Waals surface area contributed by atoms with Gasteiger partial charge >= 0.3 is 0 Å². The van der Waals surface area contributed by atoms with Crippen molar-refractivity contribution in [3.8, 4) is 0 Å². The summed E-state index contributed by atoms with van der Waals surface area (Å²) in [5, 5.41) is 3.87. The molecule has 0 radical (unpaired) electrons. The van der Waals surface area contributed by atoms with Gasteiger partial charge in [0.1, 0.15) is 0 Å². The maximum absolute atomic E-state index is 5.26. The molecule has 13 heavy (non-hydrogen) atoms. The van der Waals surface area contributed by atoms with Crippen molar-refractivity contribution in [1.29, 1.82) is 0 Å². The minimum Gasteiger partial charge on any atom is -0.379 e. The van der Waals surface area contributed by atoms with E-state index in [0.717, 1.165) is 38.0 Å². The summed E-state index contributed by atoms with van der Waals surface area (Å²) >= 11 is 1.82. The summed E-state index contributed by atoms with van der Waals surface area (Å²) in [5.41, 5.74) is 3.31. The van der Waals surface area contributed by atoms with Gasteiger partial charge in [-0.25, -0.2) is 5.01 Å². The van der Waals surface area contributed by atoms with Gasteiger partial charge in [0.2, 0.25) is 0 Å². The lowest BCUT2D eigenvalue weighted by atomic mass is 10.5. The van der Waals surface area contributed by atoms with Crippen LogP contribution in [0, 0.1) is 0 Å². The number of nitrogens with zero attached hydrogens (tertiary/aromatic N) is 2. The zero-order valence-electron chi connectivity index (χ0n) is 7.82. The van der Waals surface area contributed by atoms with Crippen LogP contribution in [0.15, 0.2) is 4.99 Å². The Labute approximate surface area is 82.7 Å². The zero-order chi connectivity index (χ0) is 9.10. The predicted molar refractivity (Wildman–Crippen MR) is 54.9 cm³/mol. The molecule has 5 heteroatoms. The normalized spacial score (nSPS) is 30.2. The summed E-state index contributed by atoms with van der Waals surface area (Å²) in [7, 11) is 0. The molecule has 0 saturated carbocycles. The quantitative estimate of drug-likeness (QED) is 0.662. The monoisotopic (exact) mass is 201 g/mol. The smallest absolute Gasteiger partial charge is 0.171 e. The molecule has 74 valence electrons. The number of amidine groups is 1. The summed E-state index contributed by atoms with van der Waals surface area (Å²) in [6, 6.07) is 0. The Balaban J connectivity index is 1.77. The number of hydrogen-bond acceptors (Lipinski definition) is 5. The lowest BCUT2D eigenvalue weighted by molar-refractivity contribution is 0.0254. The van der Waals surface area contributed by atoms with Gasteiger partial charge in [-0.3, -0.25) is 10.4 Å². The number of ether oxygens (including phenoxy) is 1. The summed E-state index contributed by atoms with van der Waals surface area (Å²) in [5.74, 6) is 0. The summed E-state index contributed by atoms with van der Waals surface area (Å²) in [6.07, 6.45) is 0. The highest BCUT2D eigenvalue weighted by Crippen LogP contribution is 2.18. The first-order valence-corrected chi connectivity index (χ1v) is 5.53. The van der Waals surface area contributed by atoms with E-state index in [2.05, 4.69) is 22.4 Å². The summed E-state index contributed by atoms with van der Waals surface area (Å²) < 4.78 is 5.26. The van der Waals surface area contributed by atoms with Gasteiger partial charge in [0.05, 0.1) is 19.8 Å². The molecule has 0 aliphatic carbocycles. The second kappa shape index (κ2) is 4.30. The van der Waals surface area contributed by atoms with Crippen molar-refractivity contribution >= 4 is 16.9 Å². The van der Waals surface area contributed by atoms with Crippen LogP contribution < -0.4 is 5.43 Å². The van der Waals surface area contributed by atoms with Crippen LogP contribution >= 0.6 is 11.8 Å². The van der Waals surface area contributed by atoms with Crippen LogP contribution in [0.2, 0.25) is 0 Å². The first-order valence-electron chi connectivity index (χ1n) is 4.65. The average molecular weight is 201 g/mol. The summed E-state index contributed by atoms with van der Waals surface area (Å²) in [6.45, 7) is 6.68. The number of aliphatic imine (C=N–C) groups is 1. The Morgan fingerprint density at radius 3 is 2.92 bits per heavy atom. The molecule has 1 N–H and O–H groups in total. The second-order valence-electron chi connectivity index (χ2n) is 3.29. The molecule has 2 aliphatic rings. The van der Waals surface area contributed by atoms with E-state index >= 15 is 0 Å². The van der Waals surface area contributed by atoms with Crippen LogP contribution in [0.1, 0.15) is 6.92 Å². The lowest BCUT2D eigenvalue weighted by Gasteiger charge is -2.27. The largest absolute Gasteiger partial charge is 0.379 e. The van der Waals surface area contributed by atoms with Crippen LogP contribution in [0.25, 0.3) is 0 Å². The molecule has 2 rings (SSSR count). The van der Waals surface area contributed by atoms with E-state index in [0.29, 0.717) is 5.25 Å². The minimum atomic E-state index is 0.628. The van der Waals surface area contributed by atoms with Gasteiger partial charge in [0, 0.05) is 18.3 Å². The fraction of sp³-hybridized carbons (Fsp3) is 0.875. The van der Waals surface area contributed by atoms with Crippen LogP contribution in [0.3, 0.4) is 0 Å². The number of hydrogen-bond donors (Lipinski definition) is 1. The van der Waals surface area contributed by atoms with Gasteiger partial charge < -0.3 is 4.74 Å². The topological polar surface area (TPSA) is 36.9 Å². The van der Waals surface area contributed by atoms with Crippen molar-refractivity contribution in [1.82, 2.24) is 10.4 Å². The molecule has 1 saturated heterocycles. The molecule has 0 aromatic heterocycles. The van der Waals surface area contributed by atoms with Gasteiger partial charge in [0.25, 0.3) is 0 Å². The molecule has 1 fully saturated rings. The van der Waals surface area contributed by atoms with Crippen molar-refractivity contribution in [2.45, 2.75) is 12.2 Å². The van der Waals surface area contributed by atoms with Crippen molar-refractivity contribution in [3.05, 3.63) is 0 Å². The Hall–Kier alpha value is -0.260. The van der Waals surface area contributed by atoms with Gasteiger partial charge in [-0.15, -0.1) is 0 Å². The van der Waals surface area contributed by atoms with Crippen molar-refractivity contribution in [2.24, 2.45) is 4.99 Å². The molecular formula is C8H15N3OS. The highest BCUT2D eigenvalue weighted by Gasteiger charge is 2.18. The van der Waals surface area contributed by atoms with Crippen molar-refractivity contribution < 1.29 is 4.74 Å². The van der Waals surface area contributed by atoms with E-state index in [4.69, 9.17) is 4.74 Å². The van der Waals surface area contributed by atoms with E-state index < -0.39 is 0 Å². The maximum Gasteiger partial charge on any atom is 0.171 e. The SMILES string of the molecule is CC1CN=C(NN2CCOCC2)S1. The Morgan fingerprint density at radius 2 is 2.31 bits per heavy atom. The average Bonchev–Trinajstić information content (AvgIpc) is 2.53. The molecule has 2 aliphatic heterocycles. The Bertz CT molecular complexity index is 204. The van der Waals surface area contributed by atoms with E-state index in [1.165, 1.54) is 0 Å². The third-order valence-electron chi connectivity index (χ3n) is 2.07. The van der Waals surface area contributed by atoms with E-state index in [1.54, 1.807) is 0 Å². The fourth-order valence-corrected chi connectivity index (χ4v) is 2.21. The van der Waals surface area contributed by atoms with Gasteiger partial charge in [-0.2, -0.15) is 0 Å². The van der Waals surface area contributed by atoms with E-state index in [9.17, 15) is 0 Å². The molecule has 1 atom stereocenters. The molecule has 4 nitrogen and oxygen atoms in total. The fourth-order valence-electron chi connectivity index (χ4n) is 1.35. The molecular weight excluding hydrogens is 186 g/mol. The first kappa shape index (κ1) is 9.30. The third kappa shape index (κ3) is 2.59. The van der Waals surface area contributed by atoms with Crippen LogP contribution in [0.4, 0.5) is 0 Å². The van der Waals surface area contributed by atoms with Gasteiger partial charge in [-0.05, 0) is 0 Å². The van der Waals surface area contributed by atoms with Crippen molar-refractivity contribution in [3.63, 3.8) is 0 Å². The Kier molecular flexibility index (Phi) is 3.08. The molecule has 0 amide bonds. The van der Waals surface area contributed by atoms with Crippen LogP contribution in [-0.4, -0.2) is 48.3 Å². The number of morpholine rings is 1. The molecule has 0 aromatic rings. The lowest BCUT2D eigenvalue weighted by Crippen LogP contribution is -2.47. The first-order chi connectivity index (χ1) is 6.34. The highest BCUT2D eigenvalue weighted by molar-refractivity contribution is 8.14. The van der Waals surface area contributed by atoms with Crippen LogP contribution in [0.5, 0.6) is 0 Å².